The number of carbonyl (C=O) groups is 2. The monoisotopic (exact) mass is 296 g/mol. The highest BCUT2D eigenvalue weighted by Gasteiger charge is 2.27. The Kier molecular flexibility index (Phi) is 3.78. The molecule has 5 nitrogen and oxygen atoms in total. The first kappa shape index (κ1) is 14.1. The molecule has 2 aromatic rings. The molecule has 0 spiro atoms. The van der Waals surface area contributed by atoms with Crippen LogP contribution in [0.4, 0.5) is 11.4 Å². The van der Waals surface area contributed by atoms with E-state index in [2.05, 4.69) is 5.32 Å². The zero-order valence-electron chi connectivity index (χ0n) is 12.2. The predicted molar refractivity (Wildman–Crippen MR) is 84.1 cm³/mol. The molecule has 0 aliphatic carbocycles. The van der Waals surface area contributed by atoms with Crippen molar-refractivity contribution < 1.29 is 14.3 Å². The first-order valence-corrected chi connectivity index (χ1v) is 6.99. The Morgan fingerprint density at radius 3 is 2.73 bits per heavy atom. The topological polar surface area (TPSA) is 58.6 Å². The first-order chi connectivity index (χ1) is 10.7. The molecule has 0 atom stereocenters. The highest BCUT2D eigenvalue weighted by atomic mass is 16.5. The van der Waals surface area contributed by atoms with Gasteiger partial charge in [0.15, 0.2) is 0 Å². The van der Waals surface area contributed by atoms with Gasteiger partial charge in [-0.25, -0.2) is 0 Å². The van der Waals surface area contributed by atoms with Crippen LogP contribution in [0, 0.1) is 0 Å². The van der Waals surface area contributed by atoms with Crippen molar-refractivity contribution in [3.63, 3.8) is 0 Å². The summed E-state index contributed by atoms with van der Waals surface area (Å²) in [5.74, 6) is 0.325. The third kappa shape index (κ3) is 2.79. The lowest BCUT2D eigenvalue weighted by molar-refractivity contribution is -0.121. The van der Waals surface area contributed by atoms with Gasteiger partial charge in [-0.3, -0.25) is 9.59 Å². The smallest absolute Gasteiger partial charge is 0.244 e. The van der Waals surface area contributed by atoms with Crippen molar-refractivity contribution >= 4 is 23.2 Å². The lowest BCUT2D eigenvalue weighted by Gasteiger charge is -2.29. The maximum Gasteiger partial charge on any atom is 0.244 e. The molecule has 112 valence electrons. The highest BCUT2D eigenvalue weighted by molar-refractivity contribution is 6.10. The van der Waals surface area contributed by atoms with E-state index in [0.717, 1.165) is 5.56 Å². The molecule has 22 heavy (non-hydrogen) atoms. The molecule has 0 saturated heterocycles. The fraction of sp³-hybridized carbons (Fsp3) is 0.176. The van der Waals surface area contributed by atoms with E-state index < -0.39 is 0 Å². The van der Waals surface area contributed by atoms with Crippen molar-refractivity contribution in [3.8, 4) is 5.75 Å². The van der Waals surface area contributed by atoms with Crippen molar-refractivity contribution in [3.05, 3.63) is 54.1 Å². The van der Waals surface area contributed by atoms with Gasteiger partial charge in [0.05, 0.1) is 24.9 Å². The molecule has 1 heterocycles. The van der Waals surface area contributed by atoms with E-state index in [4.69, 9.17) is 4.74 Å². The van der Waals surface area contributed by atoms with Crippen LogP contribution < -0.4 is 15.0 Å². The minimum absolute atomic E-state index is 0.0327. The normalized spacial score (nSPS) is 13.3. The van der Waals surface area contributed by atoms with Crippen molar-refractivity contribution in [1.29, 1.82) is 0 Å². The quantitative estimate of drug-likeness (QED) is 0.945. The second-order valence-electron chi connectivity index (χ2n) is 5.07. The van der Waals surface area contributed by atoms with Gasteiger partial charge >= 0.3 is 0 Å². The number of carbonyl (C=O) groups excluding carboxylic acids is 2. The molecule has 0 aromatic heterocycles. The van der Waals surface area contributed by atoms with Crippen LogP contribution in [0.15, 0.2) is 48.5 Å². The van der Waals surface area contributed by atoms with Crippen LogP contribution >= 0.6 is 0 Å². The maximum atomic E-state index is 12.5. The van der Waals surface area contributed by atoms with Crippen LogP contribution in [0.1, 0.15) is 5.56 Å². The largest absolute Gasteiger partial charge is 0.497 e. The third-order valence-electron chi connectivity index (χ3n) is 3.57. The van der Waals surface area contributed by atoms with Crippen LogP contribution in [0.5, 0.6) is 5.75 Å². The Morgan fingerprint density at radius 1 is 1.23 bits per heavy atom. The van der Waals surface area contributed by atoms with Crippen LogP contribution in [-0.4, -0.2) is 25.5 Å². The van der Waals surface area contributed by atoms with E-state index in [1.165, 1.54) is 4.90 Å². The molecule has 0 radical (unpaired) electrons. The fourth-order valence-electron chi connectivity index (χ4n) is 2.48. The molecule has 2 amide bonds. The molecule has 1 aliphatic heterocycles. The van der Waals surface area contributed by atoms with Crippen molar-refractivity contribution in [2.75, 3.05) is 23.9 Å². The van der Waals surface area contributed by atoms with Crippen molar-refractivity contribution in [1.82, 2.24) is 0 Å². The van der Waals surface area contributed by atoms with Crippen LogP contribution in [0.3, 0.4) is 0 Å². The molecular weight excluding hydrogens is 280 g/mol. The third-order valence-corrected chi connectivity index (χ3v) is 3.57. The number of methoxy groups -OCH3 is 1. The number of fused-ring (bicyclic) bond motifs is 1. The van der Waals surface area contributed by atoms with E-state index in [9.17, 15) is 9.59 Å². The number of anilines is 2. The first-order valence-electron chi connectivity index (χ1n) is 6.99. The maximum absolute atomic E-state index is 12.5. The summed E-state index contributed by atoms with van der Waals surface area (Å²) in [5, 5.41) is 2.77. The number of ether oxygens (including phenoxy) is 1. The minimum Gasteiger partial charge on any atom is -0.497 e. The second-order valence-corrected chi connectivity index (χ2v) is 5.07. The number of hydrogen-bond acceptors (Lipinski definition) is 3. The van der Waals surface area contributed by atoms with E-state index in [-0.39, 0.29) is 24.8 Å². The van der Waals surface area contributed by atoms with Crippen LogP contribution in [0.2, 0.25) is 0 Å². The van der Waals surface area contributed by atoms with Gasteiger partial charge in [-0.05, 0) is 17.7 Å². The fourth-order valence-corrected chi connectivity index (χ4v) is 2.48. The lowest BCUT2D eigenvalue weighted by atomic mass is 10.1. The highest BCUT2D eigenvalue weighted by Crippen LogP contribution is 2.33. The van der Waals surface area contributed by atoms with Gasteiger partial charge in [-0.2, -0.15) is 0 Å². The number of rotatable bonds is 3. The molecule has 0 bridgehead atoms. The summed E-state index contributed by atoms with van der Waals surface area (Å²) in [4.78, 5) is 25.9. The average Bonchev–Trinajstić information content (AvgIpc) is 2.54. The van der Waals surface area contributed by atoms with Crippen LogP contribution in [0.25, 0.3) is 0 Å². The molecule has 1 N–H and O–H groups in total. The van der Waals surface area contributed by atoms with Gasteiger partial charge in [0, 0.05) is 6.07 Å². The lowest BCUT2D eigenvalue weighted by Crippen LogP contribution is -2.42. The number of nitrogens with one attached hydrogen (secondary N) is 1. The van der Waals surface area contributed by atoms with E-state index in [1.807, 2.05) is 30.3 Å². The molecular formula is C17H16N2O3. The van der Waals surface area contributed by atoms with Crippen molar-refractivity contribution in [2.24, 2.45) is 0 Å². The van der Waals surface area contributed by atoms with Gasteiger partial charge in [0.1, 0.15) is 12.3 Å². The molecule has 0 fully saturated rings. The van der Waals surface area contributed by atoms with Crippen molar-refractivity contribution in [2.45, 2.75) is 6.42 Å². The van der Waals surface area contributed by atoms with E-state index >= 15 is 0 Å². The summed E-state index contributed by atoms with van der Waals surface area (Å²) in [6.45, 7) is 0.0327. The molecule has 0 unspecified atom stereocenters. The molecule has 5 heteroatoms. The molecule has 3 rings (SSSR count). The summed E-state index contributed by atoms with van der Waals surface area (Å²) >= 11 is 0. The molecule has 0 saturated carbocycles. The molecule has 2 aromatic carbocycles. The summed E-state index contributed by atoms with van der Waals surface area (Å²) in [7, 11) is 1.56. The molecule has 1 aliphatic rings. The van der Waals surface area contributed by atoms with E-state index in [1.54, 1.807) is 25.3 Å². The van der Waals surface area contributed by atoms with Gasteiger partial charge < -0.3 is 15.0 Å². The van der Waals surface area contributed by atoms with E-state index in [0.29, 0.717) is 17.1 Å². The Bertz CT molecular complexity index is 713. The number of benzene rings is 2. The van der Waals surface area contributed by atoms with Gasteiger partial charge in [0.2, 0.25) is 11.8 Å². The van der Waals surface area contributed by atoms with Gasteiger partial charge in [0.25, 0.3) is 0 Å². The Balaban J connectivity index is 1.88. The predicted octanol–water partition coefficient (Wildman–Crippen LogP) is 2.22. The average molecular weight is 296 g/mol. The summed E-state index contributed by atoms with van der Waals surface area (Å²) in [5.41, 5.74) is 2.21. The Hall–Kier alpha value is -2.82. The number of nitrogens with zero attached hydrogens (tertiary/aromatic N) is 1. The summed E-state index contributed by atoms with van der Waals surface area (Å²) < 4.78 is 5.15. The number of amides is 2. The Labute approximate surface area is 128 Å². The Morgan fingerprint density at radius 2 is 2.00 bits per heavy atom. The van der Waals surface area contributed by atoms with Gasteiger partial charge in [-0.1, -0.05) is 30.3 Å². The minimum atomic E-state index is -0.206. The zero-order valence-corrected chi connectivity index (χ0v) is 12.2. The standard InChI is InChI=1S/C17H16N2O3/c1-22-13-7-8-15-14(10-13)18-16(20)11-19(15)17(21)9-12-5-3-2-4-6-12/h2-8,10H,9,11H2,1H3,(H,18,20). The van der Waals surface area contributed by atoms with Crippen LogP contribution in [-0.2, 0) is 16.0 Å². The second kappa shape index (κ2) is 5.89. The summed E-state index contributed by atoms with van der Waals surface area (Å²) in [6.07, 6.45) is 0.263. The zero-order chi connectivity index (χ0) is 15.5. The SMILES string of the molecule is COc1ccc2c(c1)NC(=O)CN2C(=O)Cc1ccccc1. The number of hydrogen-bond donors (Lipinski definition) is 1. The van der Waals surface area contributed by atoms with Gasteiger partial charge in [-0.15, -0.1) is 0 Å². The summed E-state index contributed by atoms with van der Waals surface area (Å²) in [6, 6.07) is 14.8.